The van der Waals surface area contributed by atoms with E-state index in [4.69, 9.17) is 11.6 Å². The molecule has 0 amide bonds. The van der Waals surface area contributed by atoms with Gasteiger partial charge in [0.25, 0.3) is 0 Å². The average Bonchev–Trinajstić information content (AvgIpc) is 2.94. The van der Waals surface area contributed by atoms with Gasteiger partial charge in [0.1, 0.15) is 11.8 Å². The molecule has 6 nitrogen and oxygen atoms in total. The second-order valence-electron chi connectivity index (χ2n) is 6.56. The molecule has 2 fully saturated rings. The third-order valence-electron chi connectivity index (χ3n) is 4.84. The summed E-state index contributed by atoms with van der Waals surface area (Å²) in [5.41, 5.74) is 0.772. The van der Waals surface area contributed by atoms with E-state index in [9.17, 15) is 16.8 Å². The van der Waals surface area contributed by atoms with Crippen LogP contribution in [0.2, 0.25) is 5.02 Å². The van der Waals surface area contributed by atoms with Gasteiger partial charge in [-0.15, -0.1) is 0 Å². The Labute approximate surface area is 154 Å². The minimum atomic E-state index is -3.47. The highest BCUT2D eigenvalue weighted by molar-refractivity contribution is 7.92. The van der Waals surface area contributed by atoms with Crippen molar-refractivity contribution in [1.82, 2.24) is 4.31 Å². The smallest absolute Gasteiger partial charge is 0.236 e. The highest BCUT2D eigenvalue weighted by Crippen LogP contribution is 2.13. The van der Waals surface area contributed by atoms with Crippen molar-refractivity contribution in [2.45, 2.75) is 12.5 Å². The van der Waals surface area contributed by atoms with Crippen molar-refractivity contribution in [3.63, 3.8) is 0 Å². The fourth-order valence-electron chi connectivity index (χ4n) is 3.38. The molecule has 0 saturated carbocycles. The van der Waals surface area contributed by atoms with Gasteiger partial charge in [-0.2, -0.15) is 4.31 Å². The van der Waals surface area contributed by atoms with E-state index in [1.54, 1.807) is 30.3 Å². The molecule has 2 saturated heterocycles. The molecule has 2 aliphatic rings. The van der Waals surface area contributed by atoms with Crippen molar-refractivity contribution in [2.24, 2.45) is 0 Å². The number of sulfonamides is 1. The lowest BCUT2D eigenvalue weighted by molar-refractivity contribution is -0.925. The Morgan fingerprint density at radius 2 is 1.80 bits per heavy atom. The monoisotopic (exact) mass is 405 g/mol. The van der Waals surface area contributed by atoms with Gasteiger partial charge < -0.3 is 4.90 Å². The maximum atomic E-state index is 12.5. The van der Waals surface area contributed by atoms with Crippen molar-refractivity contribution in [3.05, 3.63) is 40.3 Å². The zero-order valence-corrected chi connectivity index (χ0v) is 16.2. The lowest BCUT2D eigenvalue weighted by Crippen LogP contribution is -3.18. The number of benzene rings is 1. The fraction of sp³-hybridized carbons (Fsp3) is 0.500. The number of halogens is 1. The molecule has 2 heterocycles. The van der Waals surface area contributed by atoms with Crippen LogP contribution in [-0.4, -0.2) is 64.9 Å². The van der Waals surface area contributed by atoms with Crippen LogP contribution in [0.4, 0.5) is 0 Å². The fourth-order valence-corrected chi connectivity index (χ4v) is 6.52. The van der Waals surface area contributed by atoms with Gasteiger partial charge in [0.15, 0.2) is 9.84 Å². The van der Waals surface area contributed by atoms with Crippen LogP contribution in [0.1, 0.15) is 12.0 Å². The van der Waals surface area contributed by atoms with Crippen LogP contribution in [0, 0.1) is 0 Å². The van der Waals surface area contributed by atoms with Gasteiger partial charge in [-0.1, -0.05) is 23.7 Å². The zero-order chi connectivity index (χ0) is 18.1. The van der Waals surface area contributed by atoms with Gasteiger partial charge >= 0.3 is 0 Å². The lowest BCUT2D eigenvalue weighted by atomic mass is 10.2. The van der Waals surface area contributed by atoms with Crippen LogP contribution in [0.15, 0.2) is 29.7 Å². The largest absolute Gasteiger partial charge is 0.329 e. The Kier molecular flexibility index (Phi) is 5.55. The molecule has 0 radical (unpaired) electrons. The zero-order valence-electron chi connectivity index (χ0n) is 13.8. The summed E-state index contributed by atoms with van der Waals surface area (Å²) < 4.78 is 49.6. The summed E-state index contributed by atoms with van der Waals surface area (Å²) in [7, 11) is -6.38. The first-order valence-corrected chi connectivity index (χ1v) is 11.9. The van der Waals surface area contributed by atoms with E-state index in [1.807, 2.05) is 0 Å². The molecule has 2 aliphatic heterocycles. The van der Waals surface area contributed by atoms with Crippen LogP contribution in [-0.2, 0) is 19.9 Å². The van der Waals surface area contributed by atoms with Gasteiger partial charge in [0, 0.05) is 16.9 Å². The molecule has 1 N–H and O–H groups in total. The van der Waals surface area contributed by atoms with E-state index in [-0.39, 0.29) is 17.5 Å². The average molecular weight is 406 g/mol. The van der Waals surface area contributed by atoms with Crippen LogP contribution in [0.5, 0.6) is 0 Å². The van der Waals surface area contributed by atoms with E-state index < -0.39 is 19.9 Å². The van der Waals surface area contributed by atoms with Crippen molar-refractivity contribution in [1.29, 1.82) is 0 Å². The van der Waals surface area contributed by atoms with Crippen LogP contribution < -0.4 is 4.90 Å². The van der Waals surface area contributed by atoms with Gasteiger partial charge in [0.05, 0.1) is 31.9 Å². The molecule has 0 aliphatic carbocycles. The quantitative estimate of drug-likeness (QED) is 0.766. The Balaban J connectivity index is 1.59. The number of piperazine rings is 1. The molecule has 138 valence electrons. The van der Waals surface area contributed by atoms with E-state index >= 15 is 0 Å². The molecular formula is C16H22ClN2O4S2+. The standard InChI is InChI=1S/C16H21ClN2O4S2/c17-15-3-1-14(2-4-15)5-12-25(22,23)19-9-7-18(8-10-19)16-6-11-24(20,21)13-16/h1-5,12,16H,6-11,13H2/p+1/b12-5+/t16-/m1/s1. The first-order chi connectivity index (χ1) is 11.8. The summed E-state index contributed by atoms with van der Waals surface area (Å²) in [6, 6.07) is 7.06. The van der Waals surface area contributed by atoms with E-state index in [0.717, 1.165) is 5.56 Å². The lowest BCUT2D eigenvalue weighted by Gasteiger charge is -2.33. The number of hydrogen-bond acceptors (Lipinski definition) is 4. The number of sulfone groups is 1. The first-order valence-electron chi connectivity index (χ1n) is 8.24. The van der Waals surface area contributed by atoms with E-state index in [1.165, 1.54) is 14.6 Å². The summed E-state index contributed by atoms with van der Waals surface area (Å²) in [5.74, 6) is 0.485. The second-order valence-corrected chi connectivity index (χ2v) is 11.0. The number of nitrogens with one attached hydrogen (secondary N) is 1. The van der Waals surface area contributed by atoms with Crippen molar-refractivity contribution < 1.29 is 21.7 Å². The Hall–Kier alpha value is -0.930. The van der Waals surface area contributed by atoms with Gasteiger partial charge in [0.2, 0.25) is 10.0 Å². The minimum absolute atomic E-state index is 0.111. The molecular weight excluding hydrogens is 384 g/mol. The topological polar surface area (TPSA) is 76.0 Å². The third kappa shape index (κ3) is 4.83. The molecule has 0 unspecified atom stereocenters. The summed E-state index contributed by atoms with van der Waals surface area (Å²) in [5, 5.41) is 1.83. The normalized spacial score (nSPS) is 25.6. The number of nitrogens with zero attached hydrogens (tertiary/aromatic N) is 1. The number of quaternary nitrogens is 1. The van der Waals surface area contributed by atoms with Crippen LogP contribution in [0.25, 0.3) is 6.08 Å². The van der Waals surface area contributed by atoms with E-state index in [0.29, 0.717) is 37.6 Å². The number of rotatable bonds is 4. The molecule has 0 bridgehead atoms. The third-order valence-corrected chi connectivity index (χ3v) is 8.42. The predicted octanol–water partition coefficient (Wildman–Crippen LogP) is 0.0281. The molecule has 1 aromatic carbocycles. The molecule has 9 heteroatoms. The van der Waals surface area contributed by atoms with E-state index in [2.05, 4.69) is 0 Å². The van der Waals surface area contributed by atoms with Gasteiger partial charge in [-0.05, 0) is 23.8 Å². The maximum Gasteiger partial charge on any atom is 0.236 e. The SMILES string of the molecule is O=S1(=O)CC[C@@H]([NH+]2CCN(S(=O)(=O)/C=C/c3ccc(Cl)cc3)CC2)C1. The second kappa shape index (κ2) is 7.36. The van der Waals surface area contributed by atoms with Crippen molar-refractivity contribution in [2.75, 3.05) is 37.7 Å². The molecule has 0 aromatic heterocycles. The predicted molar refractivity (Wildman–Crippen MR) is 98.7 cm³/mol. The maximum absolute atomic E-state index is 12.5. The molecule has 3 rings (SSSR count). The van der Waals surface area contributed by atoms with Crippen LogP contribution >= 0.6 is 11.6 Å². The van der Waals surface area contributed by atoms with Crippen LogP contribution in [0.3, 0.4) is 0 Å². The molecule has 0 spiro atoms. The minimum Gasteiger partial charge on any atom is -0.329 e. The Morgan fingerprint density at radius 1 is 1.16 bits per heavy atom. The number of hydrogen-bond donors (Lipinski definition) is 1. The molecule has 1 aromatic rings. The molecule has 25 heavy (non-hydrogen) atoms. The summed E-state index contributed by atoms with van der Waals surface area (Å²) >= 11 is 5.82. The van der Waals surface area contributed by atoms with Crippen molar-refractivity contribution >= 4 is 37.5 Å². The van der Waals surface area contributed by atoms with Gasteiger partial charge in [-0.3, -0.25) is 0 Å². The summed E-state index contributed by atoms with van der Waals surface area (Å²) in [6.45, 7) is 2.13. The van der Waals surface area contributed by atoms with Gasteiger partial charge in [-0.25, -0.2) is 16.8 Å². The Bertz CT molecular complexity index is 843. The summed E-state index contributed by atoms with van der Waals surface area (Å²) in [4.78, 5) is 1.20. The summed E-state index contributed by atoms with van der Waals surface area (Å²) in [6.07, 6.45) is 2.25. The highest BCUT2D eigenvalue weighted by Gasteiger charge is 2.38. The first kappa shape index (κ1) is 18.8. The Morgan fingerprint density at radius 3 is 2.36 bits per heavy atom. The van der Waals surface area contributed by atoms with Crippen molar-refractivity contribution in [3.8, 4) is 0 Å². The molecule has 1 atom stereocenters. The highest BCUT2D eigenvalue weighted by atomic mass is 35.5.